The maximum atomic E-state index is 6.74. The molecule has 3 aliphatic rings. The predicted molar refractivity (Wildman–Crippen MR) is 174 cm³/mol. The summed E-state index contributed by atoms with van der Waals surface area (Å²) in [6, 6.07) is 17.3. The molecule has 2 aromatic carbocycles. The van der Waals surface area contributed by atoms with Gasteiger partial charge in [-0.2, -0.15) is 0 Å². The molecule has 2 aliphatic carbocycles. The molecule has 6 rings (SSSR count). The molecule has 42 heavy (non-hydrogen) atoms. The molecule has 0 bridgehead atoms. The largest absolute Gasteiger partial charge is 0.457 e. The number of fused-ring (bicyclic) bond motifs is 1. The Morgan fingerprint density at radius 3 is 2.48 bits per heavy atom. The molecule has 3 aromatic rings. The van der Waals surface area contributed by atoms with Gasteiger partial charge in [0.05, 0.1) is 12.2 Å². The summed E-state index contributed by atoms with van der Waals surface area (Å²) in [5, 5.41) is 3.46. The second-order valence-electron chi connectivity index (χ2n) is 12.6. The van der Waals surface area contributed by atoms with E-state index in [2.05, 4.69) is 34.2 Å². The zero-order chi connectivity index (χ0) is 28.7. The number of rotatable bonds is 11. The number of ether oxygens (including phenoxy) is 1. The van der Waals surface area contributed by atoms with Crippen molar-refractivity contribution in [1.29, 1.82) is 0 Å². The first kappa shape index (κ1) is 29.2. The Labute approximate surface area is 256 Å². The highest BCUT2D eigenvalue weighted by Gasteiger charge is 2.33. The van der Waals surface area contributed by atoms with Crippen LogP contribution in [0.1, 0.15) is 93.3 Å². The third kappa shape index (κ3) is 7.35. The van der Waals surface area contributed by atoms with E-state index in [9.17, 15) is 0 Å². The molecule has 2 heterocycles. The van der Waals surface area contributed by atoms with Crippen LogP contribution in [0.25, 0.3) is 0 Å². The van der Waals surface area contributed by atoms with Crippen molar-refractivity contribution < 1.29 is 4.74 Å². The lowest BCUT2D eigenvalue weighted by atomic mass is 9.81. The van der Waals surface area contributed by atoms with Gasteiger partial charge in [0.2, 0.25) is 0 Å². The molecule has 2 fully saturated rings. The Bertz CT molecular complexity index is 1310. The average Bonchev–Trinajstić information content (AvgIpc) is 3.44. The van der Waals surface area contributed by atoms with Gasteiger partial charge in [-0.15, -0.1) is 11.3 Å². The van der Waals surface area contributed by atoms with Crippen molar-refractivity contribution >= 4 is 23.0 Å². The van der Waals surface area contributed by atoms with E-state index in [1.807, 2.05) is 47.7 Å². The molecule has 1 aliphatic heterocycles. The Balaban J connectivity index is 1.17. The van der Waals surface area contributed by atoms with Gasteiger partial charge in [-0.1, -0.05) is 56.7 Å². The van der Waals surface area contributed by atoms with Crippen molar-refractivity contribution in [3.8, 4) is 11.5 Å². The molecule has 2 N–H and O–H groups in total. The van der Waals surface area contributed by atoms with Crippen molar-refractivity contribution in [2.75, 3.05) is 6.54 Å². The summed E-state index contributed by atoms with van der Waals surface area (Å²) in [5.74, 6) is 3.05. The van der Waals surface area contributed by atoms with E-state index >= 15 is 0 Å². The summed E-state index contributed by atoms with van der Waals surface area (Å²) in [6.45, 7) is 5.02. The number of guanidine groups is 1. The van der Waals surface area contributed by atoms with E-state index in [0.29, 0.717) is 24.0 Å². The molecule has 224 valence electrons. The van der Waals surface area contributed by atoms with Gasteiger partial charge in [-0.25, -0.2) is 9.98 Å². The molecule has 0 unspecified atom stereocenters. The molecule has 6 nitrogen and oxygen atoms in total. The van der Waals surface area contributed by atoms with E-state index in [-0.39, 0.29) is 0 Å². The van der Waals surface area contributed by atoms with Crippen LogP contribution < -0.4 is 10.5 Å². The first-order valence-corrected chi connectivity index (χ1v) is 17.1. The first-order chi connectivity index (χ1) is 20.6. The summed E-state index contributed by atoms with van der Waals surface area (Å²) in [7, 11) is 0. The van der Waals surface area contributed by atoms with E-state index in [0.717, 1.165) is 48.9 Å². The molecule has 0 spiro atoms. The number of benzene rings is 2. The molecule has 1 aromatic heterocycles. The van der Waals surface area contributed by atoms with Gasteiger partial charge >= 0.3 is 0 Å². The third-order valence-corrected chi connectivity index (χ3v) is 10.5. The van der Waals surface area contributed by atoms with E-state index in [1.165, 1.54) is 81.2 Å². The molecule has 0 saturated heterocycles. The SMILES string of the molecule is Cc1csc(CN(CCC[C@@H](C2CCCCC2)N2Cc3cc(Oc4ccccc4)ccc3N=C2N)C2CCCCC2)n1. The monoisotopic (exact) mass is 585 g/mol. The lowest BCUT2D eigenvalue weighted by Crippen LogP contribution is -2.49. The highest BCUT2D eigenvalue weighted by molar-refractivity contribution is 7.09. The zero-order valence-corrected chi connectivity index (χ0v) is 26.0. The summed E-state index contributed by atoms with van der Waals surface area (Å²) in [5.41, 5.74) is 10.1. The fourth-order valence-corrected chi connectivity index (χ4v) is 8.18. The number of nitrogens with zero attached hydrogens (tertiary/aromatic N) is 4. The molecule has 2 saturated carbocycles. The van der Waals surface area contributed by atoms with E-state index < -0.39 is 0 Å². The van der Waals surface area contributed by atoms with Gasteiger partial charge in [-0.3, -0.25) is 4.90 Å². The topological polar surface area (TPSA) is 67.0 Å². The van der Waals surface area contributed by atoms with Crippen LogP contribution in [0.2, 0.25) is 0 Å². The molecule has 1 atom stereocenters. The lowest BCUT2D eigenvalue weighted by molar-refractivity contribution is 0.126. The van der Waals surface area contributed by atoms with E-state index in [4.69, 9.17) is 20.4 Å². The molecular weight excluding hydrogens is 538 g/mol. The first-order valence-electron chi connectivity index (χ1n) is 16.2. The van der Waals surface area contributed by atoms with Crippen LogP contribution in [0.15, 0.2) is 58.9 Å². The van der Waals surface area contributed by atoms with Crippen molar-refractivity contribution in [3.63, 3.8) is 0 Å². The Hall–Kier alpha value is -2.90. The zero-order valence-electron chi connectivity index (χ0n) is 25.2. The Kier molecular flexibility index (Phi) is 9.76. The normalized spacial score (nSPS) is 19.0. The number of aromatic nitrogens is 1. The van der Waals surface area contributed by atoms with Crippen LogP contribution in [-0.4, -0.2) is 39.4 Å². The number of hydrogen-bond donors (Lipinski definition) is 1. The molecular formula is C35H47N5OS. The number of thiazole rings is 1. The molecule has 0 amide bonds. The number of para-hydroxylation sites is 1. The van der Waals surface area contributed by atoms with Crippen molar-refractivity contribution in [2.45, 2.75) is 109 Å². The van der Waals surface area contributed by atoms with Gasteiger partial charge in [-0.05, 0) is 88.2 Å². The second-order valence-corrected chi connectivity index (χ2v) is 13.5. The summed E-state index contributed by atoms with van der Waals surface area (Å²) < 4.78 is 6.17. The van der Waals surface area contributed by atoms with E-state index in [1.54, 1.807) is 0 Å². The van der Waals surface area contributed by atoms with Gasteiger partial charge < -0.3 is 15.4 Å². The number of hydrogen-bond acceptors (Lipinski definition) is 7. The fourth-order valence-electron chi connectivity index (χ4n) is 7.38. The van der Waals surface area contributed by atoms with Crippen molar-refractivity contribution in [1.82, 2.24) is 14.8 Å². The van der Waals surface area contributed by atoms with Crippen LogP contribution >= 0.6 is 11.3 Å². The van der Waals surface area contributed by atoms with Gasteiger partial charge in [0.25, 0.3) is 0 Å². The van der Waals surface area contributed by atoms with Gasteiger partial charge in [0, 0.05) is 35.3 Å². The number of aryl methyl sites for hydroxylation is 1. The smallest absolute Gasteiger partial charge is 0.197 e. The fraction of sp³-hybridized carbons (Fsp3) is 0.543. The minimum atomic E-state index is 0.413. The van der Waals surface area contributed by atoms with Gasteiger partial charge in [0.15, 0.2) is 5.96 Å². The Morgan fingerprint density at radius 2 is 1.74 bits per heavy atom. The lowest BCUT2D eigenvalue weighted by Gasteiger charge is -2.42. The maximum absolute atomic E-state index is 6.74. The van der Waals surface area contributed by atoms with Crippen molar-refractivity contribution in [2.24, 2.45) is 16.6 Å². The molecule has 0 radical (unpaired) electrons. The molecule has 7 heteroatoms. The van der Waals surface area contributed by atoms with Crippen molar-refractivity contribution in [3.05, 3.63) is 70.2 Å². The minimum Gasteiger partial charge on any atom is -0.457 e. The quantitative estimate of drug-likeness (QED) is 0.244. The van der Waals surface area contributed by atoms with Crippen LogP contribution in [0, 0.1) is 12.8 Å². The van der Waals surface area contributed by atoms with Gasteiger partial charge in [0.1, 0.15) is 16.5 Å². The standard InChI is InChI=1S/C35H47N5OS/c1-26-25-42-34(37-26)24-39(29-14-7-3-8-15-29)21-11-18-33(27-12-5-2-6-13-27)40-23-28-22-31(19-20-32(28)38-35(40)36)41-30-16-9-4-10-17-30/h4,9-10,16-17,19-20,22,25,27,29,33H,2-3,5-8,11-15,18,21,23-24H2,1H3,(H2,36,38)/t33-/m0/s1. The number of aliphatic imine (C=N–C) groups is 1. The second kappa shape index (κ2) is 14.0. The summed E-state index contributed by atoms with van der Waals surface area (Å²) in [6.07, 6.45) is 15.7. The predicted octanol–water partition coefficient (Wildman–Crippen LogP) is 8.57. The van der Waals surface area contributed by atoms with Crippen LogP contribution in [0.4, 0.5) is 5.69 Å². The summed E-state index contributed by atoms with van der Waals surface area (Å²) in [4.78, 5) is 14.9. The van der Waals surface area contributed by atoms with Crippen LogP contribution in [0.3, 0.4) is 0 Å². The van der Waals surface area contributed by atoms with Crippen LogP contribution in [0.5, 0.6) is 11.5 Å². The average molecular weight is 586 g/mol. The highest BCUT2D eigenvalue weighted by atomic mass is 32.1. The van der Waals surface area contributed by atoms with Crippen LogP contribution in [-0.2, 0) is 13.1 Å². The maximum Gasteiger partial charge on any atom is 0.197 e. The third-order valence-electron chi connectivity index (χ3n) is 9.54. The minimum absolute atomic E-state index is 0.413. The highest BCUT2D eigenvalue weighted by Crippen LogP contribution is 2.37. The summed E-state index contributed by atoms with van der Waals surface area (Å²) >= 11 is 1.82. The number of nitrogens with two attached hydrogens (primary N) is 1. The Morgan fingerprint density at radius 1 is 0.976 bits per heavy atom.